The number of carbonyl (C=O) groups is 6. The first-order valence-electron chi connectivity index (χ1n) is 29.7. The minimum atomic E-state index is -2.34. The molecule has 0 spiro atoms. The number of H-pyrrole nitrogens is 2. The Bertz CT molecular complexity index is 3530. The van der Waals surface area contributed by atoms with E-state index < -0.39 is 36.8 Å². The van der Waals surface area contributed by atoms with Crippen LogP contribution in [-0.2, 0) is 35.1 Å². The van der Waals surface area contributed by atoms with E-state index in [0.29, 0.717) is 74.7 Å². The number of carbonyl (C=O) groups excluding carboxylic acids is 6. The summed E-state index contributed by atoms with van der Waals surface area (Å²) in [4.78, 5) is 102. The Hall–Kier alpha value is -7.81. The number of nitrogens with one attached hydrogen (secondary N) is 5. The number of nitrogens with zero attached hydrogens (tertiary/aromatic N) is 3. The fourth-order valence-electron chi connectivity index (χ4n) is 12.2. The number of amides is 3. The molecule has 3 amide bonds. The third-order valence-corrected chi connectivity index (χ3v) is 20.9. The topological polar surface area (TPSA) is 214 Å². The average molecular weight is 1170 g/mol. The van der Waals surface area contributed by atoms with Gasteiger partial charge in [-0.3, -0.25) is 33.9 Å². The van der Waals surface area contributed by atoms with Crippen molar-refractivity contribution < 1.29 is 42.8 Å². The van der Waals surface area contributed by atoms with Gasteiger partial charge in [-0.05, 0) is 133 Å². The standard InChI is InChI=1S/C68H83N8O8P/c1-14-49-41(2)53-40-58-62(45(6)77)43(4)55(71-58)38-54-42(3)50(64(73-54)51(37-61(80)83-13)65-63(66(81)75-76(10,11)12)44(5)56(74-65)39-57(49)70-53)32-33-59(78)69-35-24-31-52(67(82)84-68(7,8)9)72-60(79)34-36-85(46-25-18-15-19-26-46,47-27-20-16-21-28-47)48-29-22-17-23-30-48/h15-23,25-30,38-42,49-50,52H,14,24,31-37H2,1-13H3,(H3-2,69,70,71,72,73,74,75,77,78,79,81)/p+2/t41-,42+,49-,50+,52+/m1/s1. The average Bonchev–Trinajstić information content (AvgIpc) is 2.24. The maximum atomic E-state index is 14.6. The first-order valence-corrected chi connectivity index (χ1v) is 31.6. The molecular weight excluding hydrogens is 1090 g/mol. The van der Waals surface area contributed by atoms with Crippen LogP contribution in [-0.4, -0.2) is 113 Å². The predicted octanol–water partition coefficient (Wildman–Crippen LogP) is 10.3. The smallest absolute Gasteiger partial charge is 0.329 e. The number of hydrogen-bond acceptors (Lipinski definition) is 10. The third kappa shape index (κ3) is 14.5. The number of quaternary nitrogens is 1. The van der Waals surface area contributed by atoms with Crippen molar-refractivity contribution in [1.29, 1.82) is 0 Å². The third-order valence-electron chi connectivity index (χ3n) is 16.4. The molecule has 3 aromatic carbocycles. The molecule has 2 aliphatic heterocycles. The number of ether oxygens (including phenoxy) is 2. The van der Waals surface area contributed by atoms with Gasteiger partial charge in [0.25, 0.3) is 5.91 Å². The molecule has 16 nitrogen and oxygen atoms in total. The number of Topliss-reactive ketones (excluding diaryl/α,β-unsaturated/α-hetero) is 1. The second-order valence-electron chi connectivity index (χ2n) is 24.6. The highest BCUT2D eigenvalue weighted by atomic mass is 31.2. The summed E-state index contributed by atoms with van der Waals surface area (Å²) in [6.07, 6.45) is 2.15. The van der Waals surface area contributed by atoms with Crippen molar-refractivity contribution in [2.75, 3.05) is 41.0 Å². The quantitative estimate of drug-likeness (QED) is 0.0115. The molecule has 0 saturated carbocycles. The van der Waals surface area contributed by atoms with E-state index in [-0.39, 0.29) is 78.1 Å². The number of aromatic nitrogens is 4. The van der Waals surface area contributed by atoms with Gasteiger partial charge in [0.15, 0.2) is 5.78 Å². The number of fused-ring (bicyclic) bond motifs is 8. The van der Waals surface area contributed by atoms with Crippen molar-refractivity contribution >= 4 is 80.7 Å². The van der Waals surface area contributed by atoms with Crippen LogP contribution in [0.4, 0.5) is 0 Å². The van der Waals surface area contributed by atoms with Crippen LogP contribution in [0.15, 0.2) is 109 Å². The lowest BCUT2D eigenvalue weighted by molar-refractivity contribution is -0.905. The Morgan fingerprint density at radius 1 is 0.706 bits per heavy atom. The van der Waals surface area contributed by atoms with Gasteiger partial charge in [0.2, 0.25) is 11.8 Å². The summed E-state index contributed by atoms with van der Waals surface area (Å²) in [6, 6.07) is 35.9. The van der Waals surface area contributed by atoms with Gasteiger partial charge >= 0.3 is 11.9 Å². The van der Waals surface area contributed by atoms with Crippen LogP contribution in [0.5, 0.6) is 0 Å². The molecule has 0 radical (unpaired) electrons. The van der Waals surface area contributed by atoms with Crippen LogP contribution in [0.1, 0.15) is 171 Å². The number of aromatic amines is 2. The van der Waals surface area contributed by atoms with Crippen molar-refractivity contribution in [3.63, 3.8) is 0 Å². The highest BCUT2D eigenvalue weighted by molar-refractivity contribution is 7.95. The summed E-state index contributed by atoms with van der Waals surface area (Å²) in [6.45, 7) is 17.2. The van der Waals surface area contributed by atoms with Crippen molar-refractivity contribution in [3.05, 3.63) is 160 Å². The van der Waals surface area contributed by atoms with Gasteiger partial charge in [0.05, 0.1) is 69.5 Å². The zero-order valence-electron chi connectivity index (χ0n) is 51.7. The first-order chi connectivity index (χ1) is 40.3. The van der Waals surface area contributed by atoms with Crippen LogP contribution in [0.3, 0.4) is 0 Å². The lowest BCUT2D eigenvalue weighted by Gasteiger charge is -2.28. The van der Waals surface area contributed by atoms with Crippen molar-refractivity contribution in [2.24, 2.45) is 0 Å². The molecular formula is C68H85N8O8P+2. The van der Waals surface area contributed by atoms with Crippen LogP contribution >= 0.6 is 7.26 Å². The summed E-state index contributed by atoms with van der Waals surface area (Å²) in [5.74, 6) is -2.78. The number of esters is 2. The van der Waals surface area contributed by atoms with E-state index in [1.165, 1.54) is 7.11 Å². The molecule has 2 aliphatic rings. The zero-order valence-corrected chi connectivity index (χ0v) is 52.6. The summed E-state index contributed by atoms with van der Waals surface area (Å²) < 4.78 is 11.3. The fourth-order valence-corrected chi connectivity index (χ4v) is 16.4. The Morgan fingerprint density at radius 2 is 1.25 bits per heavy atom. The number of rotatable bonds is 21. The fraction of sp³-hybridized carbons (Fsp3) is 0.412. The lowest BCUT2D eigenvalue weighted by Crippen LogP contribution is -2.51. The zero-order chi connectivity index (χ0) is 61.5. The summed E-state index contributed by atoms with van der Waals surface area (Å²) >= 11 is 0. The Morgan fingerprint density at radius 3 is 1.80 bits per heavy atom. The number of hydrogen-bond donors (Lipinski definition) is 5. The molecule has 0 fully saturated rings. The van der Waals surface area contributed by atoms with E-state index in [4.69, 9.17) is 19.4 Å². The van der Waals surface area contributed by atoms with Crippen molar-refractivity contribution in [1.82, 2.24) is 36.0 Å². The summed E-state index contributed by atoms with van der Waals surface area (Å²) in [5, 5.41) is 9.55. The van der Waals surface area contributed by atoms with Gasteiger partial charge in [0, 0.05) is 75.9 Å². The molecule has 0 unspecified atom stereocenters. The minimum Gasteiger partial charge on any atom is -0.469 e. The number of methoxy groups -OCH3 is 1. The Labute approximate surface area is 500 Å². The number of ketones is 1. The normalized spacial score (nSPS) is 16.5. The van der Waals surface area contributed by atoms with Gasteiger partial charge in [-0.15, -0.1) is 0 Å². The molecule has 3 aromatic heterocycles. The molecule has 6 aromatic rings. The second-order valence-corrected chi connectivity index (χ2v) is 28.2. The molecule has 5 atom stereocenters. The molecule has 0 saturated heterocycles. The highest BCUT2D eigenvalue weighted by Crippen LogP contribution is 2.56. The van der Waals surface area contributed by atoms with E-state index in [0.717, 1.165) is 39.3 Å². The monoisotopic (exact) mass is 1170 g/mol. The van der Waals surface area contributed by atoms with Crippen LogP contribution in [0.25, 0.3) is 22.1 Å². The molecule has 17 heteroatoms. The van der Waals surface area contributed by atoms with Gasteiger partial charge in [-0.2, -0.15) is 5.43 Å². The maximum absolute atomic E-state index is 14.6. The van der Waals surface area contributed by atoms with Crippen molar-refractivity contribution in [3.8, 4) is 0 Å². The second kappa shape index (κ2) is 26.6. The lowest BCUT2D eigenvalue weighted by atomic mass is 9.85. The van der Waals surface area contributed by atoms with Gasteiger partial charge in [0.1, 0.15) is 34.8 Å². The number of benzene rings is 3. The van der Waals surface area contributed by atoms with Crippen LogP contribution in [0.2, 0.25) is 0 Å². The molecule has 8 bridgehead atoms. The largest absolute Gasteiger partial charge is 0.469 e. The van der Waals surface area contributed by atoms with E-state index >= 15 is 0 Å². The van der Waals surface area contributed by atoms with Crippen LogP contribution in [0, 0.1) is 13.8 Å². The Kier molecular flexibility index (Phi) is 19.8. The minimum absolute atomic E-state index is 0.0144. The summed E-state index contributed by atoms with van der Waals surface area (Å²) in [7, 11) is 4.53. The van der Waals surface area contributed by atoms with E-state index in [9.17, 15) is 28.8 Å². The van der Waals surface area contributed by atoms with E-state index in [1.807, 2.05) is 115 Å². The van der Waals surface area contributed by atoms with Crippen molar-refractivity contribution in [2.45, 2.75) is 143 Å². The molecule has 5 N–H and O–H groups in total. The molecule has 5 heterocycles. The van der Waals surface area contributed by atoms with Gasteiger partial charge < -0.3 is 30.1 Å². The van der Waals surface area contributed by atoms with E-state index in [1.54, 1.807) is 27.7 Å². The molecule has 8 rings (SSSR count). The van der Waals surface area contributed by atoms with Crippen LogP contribution < -0.4 is 32.0 Å². The summed E-state index contributed by atoms with van der Waals surface area (Å²) in [5.41, 5.74) is 10.3. The highest BCUT2D eigenvalue weighted by Gasteiger charge is 2.46. The SMILES string of the molecule is CC[C@H]1c2cc3[nH]c(c(CC(=O)OC)c4nc(cc5[nH]c(cc(n2)[C@@H]1C)c(C(C)=O)c5C)[C@@H](C)[C@@H]4CCC(=O)NCCC[C@H](NC(=O)CC[P+](c1ccccc1)(c1ccccc1)c1ccccc1)C(=O)OC(C)(C)C)c(C(=O)N[N+](C)(C)C)c3C. The molecule has 85 heavy (non-hydrogen) atoms. The number of aryl methyl sites for hydroxylation is 2. The Balaban J connectivity index is 1.10. The van der Waals surface area contributed by atoms with E-state index in [2.05, 4.69) is 76.3 Å². The first kappa shape index (κ1) is 63.2. The predicted molar refractivity (Wildman–Crippen MR) is 338 cm³/mol. The maximum Gasteiger partial charge on any atom is 0.329 e. The van der Waals surface area contributed by atoms with Gasteiger partial charge in [-0.1, -0.05) is 75.4 Å². The molecule has 0 aliphatic carbocycles. The van der Waals surface area contributed by atoms with Gasteiger partial charge in [-0.25, -0.2) is 9.39 Å². The molecule has 448 valence electrons.